The van der Waals surface area contributed by atoms with Crippen molar-refractivity contribution in [3.05, 3.63) is 71.5 Å². The van der Waals surface area contributed by atoms with Crippen molar-refractivity contribution in [1.29, 1.82) is 0 Å². The molecule has 2 aromatic rings. The summed E-state index contributed by atoms with van der Waals surface area (Å²) in [5.41, 5.74) is 7.11. The SMILES string of the molecule is N[C@@]1(c2ccccc2F)C[C@H](COCc2ccccc2)OC[C@H]1CO. The van der Waals surface area contributed by atoms with Gasteiger partial charge >= 0.3 is 0 Å². The smallest absolute Gasteiger partial charge is 0.128 e. The highest BCUT2D eigenvalue weighted by Gasteiger charge is 2.44. The van der Waals surface area contributed by atoms with E-state index >= 15 is 0 Å². The highest BCUT2D eigenvalue weighted by atomic mass is 19.1. The van der Waals surface area contributed by atoms with E-state index in [0.717, 1.165) is 5.56 Å². The molecule has 3 rings (SSSR count). The fourth-order valence-corrected chi connectivity index (χ4v) is 3.38. The van der Waals surface area contributed by atoms with Crippen LogP contribution in [0.2, 0.25) is 0 Å². The highest BCUT2D eigenvalue weighted by Crippen LogP contribution is 2.38. The van der Waals surface area contributed by atoms with E-state index in [1.165, 1.54) is 6.07 Å². The first-order chi connectivity index (χ1) is 12.1. The van der Waals surface area contributed by atoms with Gasteiger partial charge in [0.25, 0.3) is 0 Å². The predicted molar refractivity (Wildman–Crippen MR) is 93.3 cm³/mol. The number of hydrogen-bond acceptors (Lipinski definition) is 4. The van der Waals surface area contributed by atoms with Crippen LogP contribution in [-0.4, -0.2) is 31.0 Å². The number of rotatable bonds is 6. The lowest BCUT2D eigenvalue weighted by molar-refractivity contribution is -0.105. The Kier molecular flexibility index (Phi) is 5.81. The third kappa shape index (κ3) is 4.07. The lowest BCUT2D eigenvalue weighted by atomic mass is 9.74. The summed E-state index contributed by atoms with van der Waals surface area (Å²) >= 11 is 0. The van der Waals surface area contributed by atoms with E-state index in [9.17, 15) is 9.50 Å². The van der Waals surface area contributed by atoms with E-state index in [0.29, 0.717) is 25.2 Å². The number of ether oxygens (including phenoxy) is 2. The van der Waals surface area contributed by atoms with Crippen molar-refractivity contribution in [3.63, 3.8) is 0 Å². The molecule has 0 unspecified atom stereocenters. The van der Waals surface area contributed by atoms with Crippen LogP contribution in [-0.2, 0) is 21.6 Å². The molecule has 0 aromatic heterocycles. The number of aliphatic hydroxyl groups excluding tert-OH is 1. The molecule has 1 aliphatic heterocycles. The summed E-state index contributed by atoms with van der Waals surface area (Å²) < 4.78 is 25.8. The van der Waals surface area contributed by atoms with Gasteiger partial charge in [0.1, 0.15) is 5.82 Å². The molecule has 3 atom stereocenters. The van der Waals surface area contributed by atoms with Crippen LogP contribution in [0.1, 0.15) is 17.5 Å². The third-order valence-electron chi connectivity index (χ3n) is 4.84. The van der Waals surface area contributed by atoms with Crippen LogP contribution in [0.3, 0.4) is 0 Å². The second-order valence-electron chi connectivity index (χ2n) is 6.56. The second kappa shape index (κ2) is 8.06. The summed E-state index contributed by atoms with van der Waals surface area (Å²) in [5, 5.41) is 9.68. The summed E-state index contributed by atoms with van der Waals surface area (Å²) in [5.74, 6) is -0.705. The Labute approximate surface area is 147 Å². The Morgan fingerprint density at radius 3 is 2.60 bits per heavy atom. The van der Waals surface area contributed by atoms with Crippen LogP contribution in [0.15, 0.2) is 54.6 Å². The largest absolute Gasteiger partial charge is 0.396 e. The van der Waals surface area contributed by atoms with Crippen LogP contribution in [0.4, 0.5) is 4.39 Å². The van der Waals surface area contributed by atoms with Crippen LogP contribution in [0.5, 0.6) is 0 Å². The van der Waals surface area contributed by atoms with E-state index in [1.54, 1.807) is 18.2 Å². The maximum absolute atomic E-state index is 14.3. The molecule has 5 heteroatoms. The number of aliphatic hydroxyl groups is 1. The van der Waals surface area contributed by atoms with Gasteiger partial charge in [-0.05, 0) is 18.1 Å². The first-order valence-electron chi connectivity index (χ1n) is 8.51. The van der Waals surface area contributed by atoms with Gasteiger partial charge in [0, 0.05) is 11.5 Å². The normalized spacial score (nSPS) is 26.5. The second-order valence-corrected chi connectivity index (χ2v) is 6.56. The molecule has 1 aliphatic rings. The van der Waals surface area contributed by atoms with Crippen LogP contribution in [0, 0.1) is 11.7 Å². The van der Waals surface area contributed by atoms with Crippen molar-refractivity contribution in [1.82, 2.24) is 0 Å². The molecule has 2 aromatic carbocycles. The van der Waals surface area contributed by atoms with E-state index in [2.05, 4.69) is 0 Å². The standard InChI is InChI=1S/C20H24FNO3/c21-19-9-5-4-8-18(19)20(22)10-17(25-13-16(20)11-23)14-24-12-15-6-2-1-3-7-15/h1-9,16-17,23H,10-14,22H2/t16-,17-,20+/m1/s1. The van der Waals surface area contributed by atoms with Gasteiger partial charge in [-0.2, -0.15) is 0 Å². The van der Waals surface area contributed by atoms with Crippen molar-refractivity contribution >= 4 is 0 Å². The first kappa shape index (κ1) is 18.0. The summed E-state index contributed by atoms with van der Waals surface area (Å²) in [6.45, 7) is 0.991. The highest BCUT2D eigenvalue weighted by molar-refractivity contribution is 5.28. The summed E-state index contributed by atoms with van der Waals surface area (Å²) in [6, 6.07) is 16.4. The number of benzene rings is 2. The Bertz CT molecular complexity index is 682. The fraction of sp³-hybridized carbons (Fsp3) is 0.400. The molecular formula is C20H24FNO3. The van der Waals surface area contributed by atoms with Crippen molar-refractivity contribution in [2.45, 2.75) is 24.7 Å². The Morgan fingerprint density at radius 2 is 1.88 bits per heavy atom. The molecule has 0 radical (unpaired) electrons. The predicted octanol–water partition coefficient (Wildman–Crippen LogP) is 2.59. The molecule has 0 spiro atoms. The number of halogens is 1. The zero-order valence-electron chi connectivity index (χ0n) is 14.1. The van der Waals surface area contributed by atoms with Crippen molar-refractivity contribution < 1.29 is 19.0 Å². The summed E-state index contributed by atoms with van der Waals surface area (Å²) in [6.07, 6.45) is 0.157. The molecule has 0 saturated carbocycles. The summed E-state index contributed by atoms with van der Waals surface area (Å²) in [4.78, 5) is 0. The van der Waals surface area contributed by atoms with E-state index < -0.39 is 5.54 Å². The molecule has 0 amide bonds. The minimum Gasteiger partial charge on any atom is -0.396 e. The maximum Gasteiger partial charge on any atom is 0.128 e. The quantitative estimate of drug-likeness (QED) is 0.845. The minimum absolute atomic E-state index is 0.150. The van der Waals surface area contributed by atoms with E-state index in [-0.39, 0.29) is 31.1 Å². The van der Waals surface area contributed by atoms with Gasteiger partial charge in [-0.25, -0.2) is 4.39 Å². The molecule has 25 heavy (non-hydrogen) atoms. The summed E-state index contributed by atoms with van der Waals surface area (Å²) in [7, 11) is 0. The first-order valence-corrected chi connectivity index (χ1v) is 8.51. The molecule has 0 bridgehead atoms. The van der Waals surface area contributed by atoms with Gasteiger partial charge in [0.15, 0.2) is 0 Å². The monoisotopic (exact) mass is 345 g/mol. The molecule has 1 fully saturated rings. The van der Waals surface area contributed by atoms with E-state index in [4.69, 9.17) is 15.2 Å². The zero-order valence-corrected chi connectivity index (χ0v) is 14.1. The van der Waals surface area contributed by atoms with Crippen molar-refractivity contribution in [2.75, 3.05) is 19.8 Å². The van der Waals surface area contributed by atoms with Crippen LogP contribution < -0.4 is 5.73 Å². The molecule has 3 N–H and O–H groups in total. The molecule has 1 saturated heterocycles. The van der Waals surface area contributed by atoms with Crippen molar-refractivity contribution in [2.24, 2.45) is 11.7 Å². The average molecular weight is 345 g/mol. The van der Waals surface area contributed by atoms with Crippen LogP contribution in [0.25, 0.3) is 0 Å². The zero-order chi connectivity index (χ0) is 17.7. The maximum atomic E-state index is 14.3. The lowest BCUT2D eigenvalue weighted by Gasteiger charge is -2.44. The molecule has 134 valence electrons. The van der Waals surface area contributed by atoms with Gasteiger partial charge in [0.05, 0.1) is 38.1 Å². The van der Waals surface area contributed by atoms with Gasteiger partial charge in [-0.1, -0.05) is 48.5 Å². The molecule has 4 nitrogen and oxygen atoms in total. The van der Waals surface area contributed by atoms with Gasteiger partial charge < -0.3 is 20.3 Å². The van der Waals surface area contributed by atoms with E-state index in [1.807, 2.05) is 30.3 Å². The fourth-order valence-electron chi connectivity index (χ4n) is 3.38. The minimum atomic E-state index is -0.973. The lowest BCUT2D eigenvalue weighted by Crippen LogP contribution is -2.55. The Balaban J connectivity index is 1.67. The number of hydrogen-bond donors (Lipinski definition) is 2. The van der Waals surface area contributed by atoms with Gasteiger partial charge in [0.2, 0.25) is 0 Å². The number of nitrogens with two attached hydrogens (primary N) is 1. The Morgan fingerprint density at radius 1 is 1.16 bits per heavy atom. The third-order valence-corrected chi connectivity index (χ3v) is 4.84. The van der Waals surface area contributed by atoms with Gasteiger partial charge in [-0.3, -0.25) is 0 Å². The Hall–Kier alpha value is -1.79. The molecular weight excluding hydrogens is 321 g/mol. The van der Waals surface area contributed by atoms with Crippen LogP contribution >= 0.6 is 0 Å². The van der Waals surface area contributed by atoms with Gasteiger partial charge in [-0.15, -0.1) is 0 Å². The average Bonchev–Trinajstić information content (AvgIpc) is 2.63. The molecule has 0 aliphatic carbocycles. The molecule has 1 heterocycles. The topological polar surface area (TPSA) is 64.7 Å². The van der Waals surface area contributed by atoms with Crippen molar-refractivity contribution in [3.8, 4) is 0 Å².